The highest BCUT2D eigenvalue weighted by Gasteiger charge is 2.21. The van der Waals surface area contributed by atoms with E-state index in [1.807, 2.05) is 0 Å². The highest BCUT2D eigenvalue weighted by molar-refractivity contribution is 9.10. The molecule has 0 radical (unpaired) electrons. The van der Waals surface area contributed by atoms with Gasteiger partial charge in [0.25, 0.3) is 0 Å². The van der Waals surface area contributed by atoms with Crippen molar-refractivity contribution in [3.63, 3.8) is 0 Å². The van der Waals surface area contributed by atoms with Crippen LogP contribution in [0.15, 0.2) is 29.3 Å². The smallest absolute Gasteiger partial charge is 0.312 e. The maximum absolute atomic E-state index is 10.7. The van der Waals surface area contributed by atoms with Crippen LogP contribution in [0.1, 0.15) is 18.0 Å². The summed E-state index contributed by atoms with van der Waals surface area (Å²) in [5.74, 6) is -0.387. The van der Waals surface area contributed by atoms with Crippen LogP contribution in [0.4, 0.5) is 5.69 Å². The number of nitrogens with two attached hydrogens (primary N) is 1. The predicted molar refractivity (Wildman–Crippen MR) is 71.5 cm³/mol. The van der Waals surface area contributed by atoms with Crippen molar-refractivity contribution in [2.45, 2.75) is 12.5 Å². The number of phenols is 1. The summed E-state index contributed by atoms with van der Waals surface area (Å²) in [6.45, 7) is 3.53. The molecule has 0 spiro atoms. The zero-order chi connectivity index (χ0) is 12.3. The third-order valence-electron chi connectivity index (χ3n) is 2.10. The Bertz CT molecular complexity index is 440. The van der Waals surface area contributed by atoms with Crippen LogP contribution >= 0.6 is 28.3 Å². The minimum absolute atomic E-state index is 0. The van der Waals surface area contributed by atoms with Crippen LogP contribution in [-0.2, 0) is 0 Å². The Morgan fingerprint density at radius 3 is 2.71 bits per heavy atom. The quantitative estimate of drug-likeness (QED) is 0.506. The average molecular weight is 324 g/mol. The van der Waals surface area contributed by atoms with Crippen molar-refractivity contribution in [2.24, 2.45) is 5.73 Å². The van der Waals surface area contributed by atoms with Crippen LogP contribution in [0.5, 0.6) is 5.75 Å². The molecule has 0 saturated heterocycles. The largest absolute Gasteiger partial charge is 0.502 e. The number of benzene rings is 1. The first-order chi connectivity index (χ1) is 7.47. The molecule has 17 heavy (non-hydrogen) atoms. The molecule has 3 N–H and O–H groups in total. The number of nitro benzene ring substituents is 1. The van der Waals surface area contributed by atoms with E-state index >= 15 is 0 Å². The van der Waals surface area contributed by atoms with Crippen molar-refractivity contribution in [2.75, 3.05) is 0 Å². The van der Waals surface area contributed by atoms with Gasteiger partial charge in [0, 0.05) is 22.1 Å². The van der Waals surface area contributed by atoms with Gasteiger partial charge in [-0.05, 0) is 12.5 Å². The van der Waals surface area contributed by atoms with Gasteiger partial charge in [0.05, 0.1) is 4.92 Å². The van der Waals surface area contributed by atoms with Crippen LogP contribution in [0.25, 0.3) is 0 Å². The third kappa shape index (κ3) is 3.69. The molecule has 0 unspecified atom stereocenters. The summed E-state index contributed by atoms with van der Waals surface area (Å²) in [6.07, 6.45) is 2.03. The number of halogens is 2. The Balaban J connectivity index is 0.00000256. The van der Waals surface area contributed by atoms with E-state index in [1.54, 1.807) is 12.1 Å². The lowest BCUT2D eigenvalue weighted by Crippen LogP contribution is -2.10. The first-order valence-corrected chi connectivity index (χ1v) is 5.30. The number of nitro groups is 1. The zero-order valence-electron chi connectivity index (χ0n) is 8.80. The van der Waals surface area contributed by atoms with Gasteiger partial charge < -0.3 is 10.8 Å². The lowest BCUT2D eigenvalue weighted by molar-refractivity contribution is -0.386. The standard InChI is InChI=1S/C10H11BrN2O3.ClH/c1-2-3-8(12)7-4-6(11)5-9(10(7)14)13(15)16;/h2,4-5,8,14H,1,3,12H2;1H/t8-;/m1./s1. The normalized spacial score (nSPS) is 11.4. The lowest BCUT2D eigenvalue weighted by atomic mass is 10.0. The number of aromatic hydroxyl groups is 1. The van der Waals surface area contributed by atoms with Gasteiger partial charge in [0.1, 0.15) is 0 Å². The molecular formula is C10H12BrClN2O3. The number of nitrogens with zero attached hydrogens (tertiary/aromatic N) is 1. The Morgan fingerprint density at radius 1 is 1.65 bits per heavy atom. The SMILES string of the molecule is C=CC[C@@H](N)c1cc(Br)cc([N+](=O)[O-])c1O.Cl. The van der Waals surface area contributed by atoms with Crippen LogP contribution in [0.2, 0.25) is 0 Å². The fourth-order valence-electron chi connectivity index (χ4n) is 1.33. The predicted octanol–water partition coefficient (Wildman–Crippen LogP) is 3.06. The third-order valence-corrected chi connectivity index (χ3v) is 2.56. The maximum Gasteiger partial charge on any atom is 0.312 e. The van der Waals surface area contributed by atoms with E-state index < -0.39 is 11.0 Å². The maximum atomic E-state index is 10.7. The summed E-state index contributed by atoms with van der Waals surface area (Å²) in [7, 11) is 0. The van der Waals surface area contributed by atoms with Gasteiger partial charge in [-0.25, -0.2) is 0 Å². The Kier molecular flexibility index (Phi) is 6.15. The molecule has 1 aromatic rings. The first kappa shape index (κ1) is 15.9. The zero-order valence-corrected chi connectivity index (χ0v) is 11.2. The topological polar surface area (TPSA) is 89.4 Å². The summed E-state index contributed by atoms with van der Waals surface area (Å²) in [5.41, 5.74) is 5.75. The highest BCUT2D eigenvalue weighted by Crippen LogP contribution is 2.36. The molecule has 7 heteroatoms. The van der Waals surface area contributed by atoms with Crippen LogP contribution in [0, 0.1) is 10.1 Å². The Hall–Kier alpha value is -1.11. The molecule has 0 saturated carbocycles. The fraction of sp³-hybridized carbons (Fsp3) is 0.200. The first-order valence-electron chi connectivity index (χ1n) is 4.50. The van der Waals surface area contributed by atoms with E-state index in [1.165, 1.54) is 6.07 Å². The van der Waals surface area contributed by atoms with E-state index in [9.17, 15) is 15.2 Å². The van der Waals surface area contributed by atoms with Crippen molar-refractivity contribution in [1.29, 1.82) is 0 Å². The number of rotatable bonds is 4. The van der Waals surface area contributed by atoms with E-state index in [2.05, 4.69) is 22.5 Å². The molecule has 1 aromatic carbocycles. The monoisotopic (exact) mass is 322 g/mol. The molecular weight excluding hydrogens is 311 g/mol. The molecule has 1 atom stereocenters. The highest BCUT2D eigenvalue weighted by atomic mass is 79.9. The number of hydrogen-bond donors (Lipinski definition) is 2. The van der Waals surface area contributed by atoms with E-state index in [-0.39, 0.29) is 23.8 Å². The van der Waals surface area contributed by atoms with Gasteiger partial charge in [-0.1, -0.05) is 22.0 Å². The molecule has 0 aliphatic heterocycles. The number of phenolic OH excluding ortho intramolecular Hbond substituents is 1. The van der Waals surface area contributed by atoms with Gasteiger partial charge in [0.15, 0.2) is 5.75 Å². The van der Waals surface area contributed by atoms with Crippen molar-refractivity contribution in [1.82, 2.24) is 0 Å². The molecule has 1 rings (SSSR count). The van der Waals surface area contributed by atoms with Gasteiger partial charge >= 0.3 is 5.69 Å². The second-order valence-electron chi connectivity index (χ2n) is 3.25. The molecule has 94 valence electrons. The second kappa shape index (κ2) is 6.58. The van der Waals surface area contributed by atoms with E-state index in [4.69, 9.17) is 5.73 Å². The lowest BCUT2D eigenvalue weighted by Gasteiger charge is -2.12. The Morgan fingerprint density at radius 2 is 2.24 bits per heavy atom. The van der Waals surface area contributed by atoms with Crippen molar-refractivity contribution in [3.05, 3.63) is 44.9 Å². The van der Waals surface area contributed by atoms with Crippen molar-refractivity contribution >= 4 is 34.0 Å². The summed E-state index contributed by atoms with van der Waals surface area (Å²) in [5, 5.41) is 20.4. The van der Waals surface area contributed by atoms with E-state index in [0.717, 1.165) is 0 Å². The van der Waals surface area contributed by atoms with Gasteiger partial charge in [-0.3, -0.25) is 10.1 Å². The molecule has 0 fully saturated rings. The summed E-state index contributed by atoms with van der Waals surface area (Å²) in [4.78, 5) is 10.0. The molecule has 0 aliphatic carbocycles. The van der Waals surface area contributed by atoms with E-state index in [0.29, 0.717) is 16.5 Å². The second-order valence-corrected chi connectivity index (χ2v) is 4.17. The van der Waals surface area contributed by atoms with Crippen molar-refractivity contribution < 1.29 is 10.0 Å². The molecule has 0 aliphatic rings. The van der Waals surface area contributed by atoms with Gasteiger partial charge in [-0.2, -0.15) is 0 Å². The molecule has 0 amide bonds. The average Bonchev–Trinajstić information content (AvgIpc) is 2.20. The molecule has 0 heterocycles. The molecule has 5 nitrogen and oxygen atoms in total. The Labute approximate surface area is 113 Å². The molecule has 0 bridgehead atoms. The number of hydrogen-bond acceptors (Lipinski definition) is 4. The van der Waals surface area contributed by atoms with Gasteiger partial charge in [-0.15, -0.1) is 19.0 Å². The summed E-state index contributed by atoms with van der Waals surface area (Å²) >= 11 is 3.14. The van der Waals surface area contributed by atoms with Crippen molar-refractivity contribution in [3.8, 4) is 5.75 Å². The fourth-order valence-corrected chi connectivity index (χ4v) is 1.80. The minimum Gasteiger partial charge on any atom is -0.502 e. The van der Waals surface area contributed by atoms with Gasteiger partial charge in [0.2, 0.25) is 0 Å². The summed E-state index contributed by atoms with van der Waals surface area (Å²) in [6, 6.07) is 2.30. The summed E-state index contributed by atoms with van der Waals surface area (Å²) < 4.78 is 0.506. The van der Waals surface area contributed by atoms with Crippen LogP contribution in [0.3, 0.4) is 0 Å². The van der Waals surface area contributed by atoms with Crippen LogP contribution < -0.4 is 5.73 Å². The van der Waals surface area contributed by atoms with Crippen LogP contribution in [-0.4, -0.2) is 10.0 Å². The minimum atomic E-state index is -0.649. The molecule has 0 aromatic heterocycles.